The van der Waals surface area contributed by atoms with E-state index in [0.29, 0.717) is 18.4 Å². The van der Waals surface area contributed by atoms with E-state index in [2.05, 4.69) is 35.0 Å². The Kier molecular flexibility index (Phi) is 7.09. The number of benzene rings is 2. The third-order valence-electron chi connectivity index (χ3n) is 6.40. The number of carbonyl (C=O) groups excluding carboxylic acids is 1. The minimum absolute atomic E-state index is 0.110. The number of esters is 1. The van der Waals surface area contributed by atoms with Crippen molar-refractivity contribution in [1.82, 2.24) is 9.38 Å². The van der Waals surface area contributed by atoms with Gasteiger partial charge in [-0.3, -0.25) is 4.40 Å². The Bertz CT molecular complexity index is 1290. The topological polar surface area (TPSA) is 64.9 Å². The van der Waals surface area contributed by atoms with Crippen molar-refractivity contribution in [3.63, 3.8) is 0 Å². The Balaban J connectivity index is 1.34. The zero-order chi connectivity index (χ0) is 24.0. The smallest absolute Gasteiger partial charge is 0.337 e. The second-order valence-corrected chi connectivity index (χ2v) is 9.20. The molecule has 5 rings (SSSR count). The van der Waals surface area contributed by atoms with E-state index < -0.39 is 5.97 Å². The first kappa shape index (κ1) is 23.1. The van der Waals surface area contributed by atoms with Crippen molar-refractivity contribution < 1.29 is 14.3 Å². The van der Waals surface area contributed by atoms with Crippen molar-refractivity contribution in [2.24, 2.45) is 0 Å². The third kappa shape index (κ3) is 5.72. The summed E-state index contributed by atoms with van der Waals surface area (Å²) in [5.41, 5.74) is 4.84. The summed E-state index contributed by atoms with van der Waals surface area (Å²) in [5.74, 6) is 1.04. The Hall–Kier alpha value is -3.64. The Labute approximate surface area is 205 Å². The largest absolute Gasteiger partial charge is 0.425 e. The van der Waals surface area contributed by atoms with Gasteiger partial charge in [0.1, 0.15) is 29.5 Å². The van der Waals surface area contributed by atoms with Gasteiger partial charge in [-0.15, -0.1) is 0 Å². The van der Waals surface area contributed by atoms with Gasteiger partial charge < -0.3 is 14.8 Å². The van der Waals surface area contributed by atoms with E-state index in [1.165, 1.54) is 32.1 Å². The van der Waals surface area contributed by atoms with Crippen molar-refractivity contribution >= 4 is 17.4 Å². The molecule has 1 saturated carbocycles. The van der Waals surface area contributed by atoms with Gasteiger partial charge in [0, 0.05) is 17.8 Å². The maximum Gasteiger partial charge on any atom is 0.337 e. The molecule has 0 unspecified atom stereocenters. The lowest BCUT2D eigenvalue weighted by molar-refractivity contribution is -0.139. The summed E-state index contributed by atoms with van der Waals surface area (Å²) in [4.78, 5) is 17.3. The molecular weight excluding hydrogens is 438 g/mol. The van der Waals surface area contributed by atoms with E-state index in [1.54, 1.807) is 6.07 Å². The molecular formula is C29H31N3O3. The summed E-state index contributed by atoms with van der Waals surface area (Å²) in [6, 6.07) is 21.9. The second kappa shape index (κ2) is 10.7. The lowest BCUT2D eigenvalue weighted by atomic mass is 9.95. The zero-order valence-electron chi connectivity index (χ0n) is 20.1. The van der Waals surface area contributed by atoms with Crippen LogP contribution in [-0.2, 0) is 16.1 Å². The number of aryl methyl sites for hydroxylation is 1. The molecule has 0 spiro atoms. The number of nitrogens with zero attached hydrogens (tertiary/aromatic N) is 2. The summed E-state index contributed by atoms with van der Waals surface area (Å²) in [5, 5.41) is 3.77. The molecule has 1 fully saturated rings. The number of rotatable bonds is 8. The monoisotopic (exact) mass is 469 g/mol. The van der Waals surface area contributed by atoms with E-state index in [4.69, 9.17) is 14.5 Å². The molecule has 0 saturated heterocycles. The van der Waals surface area contributed by atoms with Crippen LogP contribution in [0.4, 0.5) is 5.82 Å². The number of nitrogens with one attached hydrogen (secondary N) is 1. The molecule has 0 aliphatic heterocycles. The molecule has 0 atom stereocenters. The summed E-state index contributed by atoms with van der Waals surface area (Å²) in [6.45, 7) is 2.33. The molecule has 1 N–H and O–H groups in total. The highest BCUT2D eigenvalue weighted by Crippen LogP contribution is 2.33. The van der Waals surface area contributed by atoms with Crippen molar-refractivity contribution in [2.75, 3.05) is 11.9 Å². The van der Waals surface area contributed by atoms with Crippen LogP contribution < -0.4 is 10.1 Å². The number of fused-ring (bicyclic) bond motifs is 1. The number of hydrogen-bond donors (Lipinski definition) is 1. The van der Waals surface area contributed by atoms with E-state index in [-0.39, 0.29) is 6.61 Å². The number of hydrogen-bond acceptors (Lipinski definition) is 5. The van der Waals surface area contributed by atoms with Crippen LogP contribution in [0.2, 0.25) is 0 Å². The fourth-order valence-electron chi connectivity index (χ4n) is 4.62. The van der Waals surface area contributed by atoms with Gasteiger partial charge in [-0.05, 0) is 55.2 Å². The van der Waals surface area contributed by atoms with Crippen molar-refractivity contribution in [3.8, 4) is 17.0 Å². The van der Waals surface area contributed by atoms with Crippen LogP contribution in [0.3, 0.4) is 0 Å². The molecule has 2 heterocycles. The van der Waals surface area contributed by atoms with Crippen LogP contribution in [0.1, 0.15) is 43.2 Å². The summed E-state index contributed by atoms with van der Waals surface area (Å²) in [6.07, 6.45) is 8.21. The van der Waals surface area contributed by atoms with Gasteiger partial charge in [0.2, 0.25) is 0 Å². The van der Waals surface area contributed by atoms with Crippen LogP contribution >= 0.6 is 0 Å². The standard InChI is InChI=1S/C29H31N3O3/c1-21-15-16-32-26(17-21)31-28(29(32)30-24-12-6-3-7-13-24)23-11-8-14-25(18-23)35-27(33)20-34-19-22-9-4-2-5-10-22/h2,4-5,8-11,14-18,24,30H,3,6-7,12-13,19-20H2,1H3. The summed E-state index contributed by atoms with van der Waals surface area (Å²) >= 11 is 0. The van der Waals surface area contributed by atoms with Gasteiger partial charge in [-0.25, -0.2) is 9.78 Å². The molecule has 35 heavy (non-hydrogen) atoms. The number of imidazole rings is 1. The van der Waals surface area contributed by atoms with Gasteiger partial charge >= 0.3 is 5.97 Å². The summed E-state index contributed by atoms with van der Waals surface area (Å²) in [7, 11) is 0. The van der Waals surface area contributed by atoms with Gasteiger partial charge in [0.05, 0.1) is 6.61 Å². The Morgan fingerprint density at radius 2 is 1.86 bits per heavy atom. The number of anilines is 1. The molecule has 2 aromatic heterocycles. The van der Waals surface area contributed by atoms with Gasteiger partial charge in [-0.1, -0.05) is 61.7 Å². The predicted molar refractivity (Wildman–Crippen MR) is 138 cm³/mol. The number of carbonyl (C=O) groups is 1. The fourth-order valence-corrected chi connectivity index (χ4v) is 4.62. The molecule has 6 nitrogen and oxygen atoms in total. The van der Waals surface area contributed by atoms with E-state index >= 15 is 0 Å². The van der Waals surface area contributed by atoms with Crippen LogP contribution in [0.15, 0.2) is 72.9 Å². The molecule has 180 valence electrons. The lowest BCUT2D eigenvalue weighted by Crippen LogP contribution is -2.23. The maximum atomic E-state index is 12.4. The predicted octanol–water partition coefficient (Wildman–Crippen LogP) is 6.18. The molecule has 0 amide bonds. The first-order valence-corrected chi connectivity index (χ1v) is 12.3. The maximum absolute atomic E-state index is 12.4. The average Bonchev–Trinajstić information content (AvgIpc) is 3.22. The van der Waals surface area contributed by atoms with Crippen molar-refractivity contribution in [1.29, 1.82) is 0 Å². The molecule has 2 aromatic carbocycles. The first-order valence-electron chi connectivity index (χ1n) is 12.3. The highest BCUT2D eigenvalue weighted by atomic mass is 16.6. The molecule has 1 aliphatic carbocycles. The first-order chi connectivity index (χ1) is 17.2. The van der Waals surface area contributed by atoms with E-state index in [1.807, 2.05) is 48.5 Å². The van der Waals surface area contributed by atoms with Crippen molar-refractivity contribution in [2.45, 2.75) is 51.7 Å². The number of aromatic nitrogens is 2. The highest BCUT2D eigenvalue weighted by Gasteiger charge is 2.20. The average molecular weight is 470 g/mol. The zero-order valence-corrected chi connectivity index (χ0v) is 20.1. The van der Waals surface area contributed by atoms with E-state index in [0.717, 1.165) is 33.8 Å². The fraction of sp³-hybridized carbons (Fsp3) is 0.310. The normalized spacial score (nSPS) is 14.2. The molecule has 6 heteroatoms. The molecule has 1 aliphatic rings. The molecule has 0 bridgehead atoms. The number of ether oxygens (including phenoxy) is 2. The highest BCUT2D eigenvalue weighted by molar-refractivity contribution is 5.79. The van der Waals surface area contributed by atoms with Crippen LogP contribution in [0.5, 0.6) is 5.75 Å². The quantitative estimate of drug-likeness (QED) is 0.247. The van der Waals surface area contributed by atoms with Gasteiger partial charge in [-0.2, -0.15) is 0 Å². The van der Waals surface area contributed by atoms with Gasteiger partial charge in [0.25, 0.3) is 0 Å². The third-order valence-corrected chi connectivity index (χ3v) is 6.40. The minimum Gasteiger partial charge on any atom is -0.425 e. The number of pyridine rings is 1. The minimum atomic E-state index is -0.427. The Morgan fingerprint density at radius 1 is 1.03 bits per heavy atom. The Morgan fingerprint density at radius 3 is 2.69 bits per heavy atom. The van der Waals surface area contributed by atoms with E-state index in [9.17, 15) is 4.79 Å². The second-order valence-electron chi connectivity index (χ2n) is 9.20. The molecule has 4 aromatic rings. The summed E-state index contributed by atoms with van der Waals surface area (Å²) < 4.78 is 13.2. The van der Waals surface area contributed by atoms with Gasteiger partial charge in [0.15, 0.2) is 0 Å². The lowest BCUT2D eigenvalue weighted by Gasteiger charge is -2.24. The SMILES string of the molecule is Cc1ccn2c(NC3CCCCC3)c(-c3cccc(OC(=O)COCc4ccccc4)c3)nc2c1. The van der Waals surface area contributed by atoms with Crippen LogP contribution in [-0.4, -0.2) is 28.0 Å². The van der Waals surface area contributed by atoms with Crippen LogP contribution in [0.25, 0.3) is 16.9 Å². The molecule has 0 radical (unpaired) electrons. The van der Waals surface area contributed by atoms with Crippen LogP contribution in [0, 0.1) is 6.92 Å². The van der Waals surface area contributed by atoms with Crippen molar-refractivity contribution in [3.05, 3.63) is 84.1 Å².